The Kier molecular flexibility index (Phi) is 7.28. The number of ether oxygens (including phenoxy) is 1. The molecule has 0 rings (SSSR count). The SMILES string of the molecule is COCCCNC(=O)CN(C)S(=O)(=O)N(C)C. The van der Waals surface area contributed by atoms with Crippen molar-refractivity contribution in [2.45, 2.75) is 6.42 Å². The molecule has 1 N–H and O–H groups in total. The lowest BCUT2D eigenvalue weighted by Gasteiger charge is -2.20. The minimum absolute atomic E-state index is 0.187. The summed E-state index contributed by atoms with van der Waals surface area (Å²) < 4.78 is 30.1. The van der Waals surface area contributed by atoms with Crippen molar-refractivity contribution in [3.05, 3.63) is 0 Å². The Morgan fingerprint density at radius 2 is 1.88 bits per heavy atom. The summed E-state index contributed by atoms with van der Waals surface area (Å²) in [5.41, 5.74) is 0. The van der Waals surface area contributed by atoms with Crippen LogP contribution in [0.2, 0.25) is 0 Å². The van der Waals surface area contributed by atoms with E-state index in [1.54, 1.807) is 7.11 Å². The van der Waals surface area contributed by atoms with E-state index in [0.717, 1.165) is 8.61 Å². The van der Waals surface area contributed by atoms with Crippen LogP contribution in [0.25, 0.3) is 0 Å². The molecule has 17 heavy (non-hydrogen) atoms. The highest BCUT2D eigenvalue weighted by molar-refractivity contribution is 7.86. The normalized spacial score (nSPS) is 12.1. The van der Waals surface area contributed by atoms with E-state index in [2.05, 4.69) is 5.32 Å². The van der Waals surface area contributed by atoms with Crippen molar-refractivity contribution >= 4 is 16.1 Å². The average molecular weight is 267 g/mol. The molecular formula is C9H21N3O4S. The van der Waals surface area contributed by atoms with E-state index in [9.17, 15) is 13.2 Å². The molecule has 0 aromatic carbocycles. The molecule has 0 spiro atoms. The van der Waals surface area contributed by atoms with Gasteiger partial charge in [-0.25, -0.2) is 0 Å². The van der Waals surface area contributed by atoms with Gasteiger partial charge in [-0.2, -0.15) is 17.0 Å². The lowest BCUT2D eigenvalue weighted by atomic mass is 10.4. The van der Waals surface area contributed by atoms with Crippen LogP contribution in [-0.2, 0) is 19.7 Å². The minimum atomic E-state index is -3.53. The van der Waals surface area contributed by atoms with Crippen molar-refractivity contribution in [3.8, 4) is 0 Å². The van der Waals surface area contributed by atoms with Crippen LogP contribution >= 0.6 is 0 Å². The molecule has 0 aromatic heterocycles. The molecule has 0 aliphatic carbocycles. The van der Waals surface area contributed by atoms with E-state index < -0.39 is 10.2 Å². The van der Waals surface area contributed by atoms with E-state index in [1.807, 2.05) is 0 Å². The van der Waals surface area contributed by atoms with Crippen molar-refractivity contribution < 1.29 is 17.9 Å². The average Bonchev–Trinajstić information content (AvgIpc) is 2.24. The lowest BCUT2D eigenvalue weighted by molar-refractivity contribution is -0.121. The summed E-state index contributed by atoms with van der Waals surface area (Å²) in [5, 5.41) is 2.62. The number of methoxy groups -OCH3 is 1. The van der Waals surface area contributed by atoms with Crippen molar-refractivity contribution in [2.75, 3.05) is 47.9 Å². The Morgan fingerprint density at radius 3 is 2.35 bits per heavy atom. The molecule has 0 atom stereocenters. The third kappa shape index (κ3) is 5.97. The maximum Gasteiger partial charge on any atom is 0.281 e. The van der Waals surface area contributed by atoms with Gasteiger partial charge in [0.25, 0.3) is 10.2 Å². The first-order valence-electron chi connectivity index (χ1n) is 5.21. The van der Waals surface area contributed by atoms with Crippen LogP contribution in [0.5, 0.6) is 0 Å². The number of nitrogens with zero attached hydrogens (tertiary/aromatic N) is 2. The van der Waals surface area contributed by atoms with Crippen LogP contribution in [0.1, 0.15) is 6.42 Å². The first-order chi connectivity index (χ1) is 7.82. The summed E-state index contributed by atoms with van der Waals surface area (Å²) in [5.74, 6) is -0.325. The zero-order valence-electron chi connectivity index (χ0n) is 10.8. The smallest absolute Gasteiger partial charge is 0.281 e. The number of carbonyl (C=O) groups is 1. The second-order valence-electron chi connectivity index (χ2n) is 3.74. The van der Waals surface area contributed by atoms with Crippen molar-refractivity contribution in [1.29, 1.82) is 0 Å². The Labute approximate surface area is 103 Å². The lowest BCUT2D eigenvalue weighted by Crippen LogP contribution is -2.43. The van der Waals surface area contributed by atoms with Gasteiger partial charge >= 0.3 is 0 Å². The monoisotopic (exact) mass is 267 g/mol. The van der Waals surface area contributed by atoms with E-state index in [-0.39, 0.29) is 12.5 Å². The highest BCUT2D eigenvalue weighted by Crippen LogP contribution is 1.99. The number of hydrogen-bond acceptors (Lipinski definition) is 4. The summed E-state index contributed by atoms with van der Waals surface area (Å²) in [6.07, 6.45) is 0.701. The summed E-state index contributed by atoms with van der Waals surface area (Å²) in [4.78, 5) is 11.4. The Morgan fingerprint density at radius 1 is 1.29 bits per heavy atom. The number of hydrogen-bond donors (Lipinski definition) is 1. The van der Waals surface area contributed by atoms with Crippen LogP contribution in [0.15, 0.2) is 0 Å². The van der Waals surface area contributed by atoms with Gasteiger partial charge in [-0.1, -0.05) is 0 Å². The fourth-order valence-corrected chi connectivity index (χ4v) is 1.90. The molecule has 0 aliphatic heterocycles. The summed E-state index contributed by atoms with van der Waals surface area (Å²) in [6.45, 7) is 0.849. The molecule has 0 radical (unpaired) electrons. The van der Waals surface area contributed by atoms with Gasteiger partial charge in [-0.15, -0.1) is 0 Å². The van der Waals surface area contributed by atoms with Gasteiger partial charge in [0, 0.05) is 41.4 Å². The van der Waals surface area contributed by atoms with Crippen molar-refractivity contribution in [1.82, 2.24) is 13.9 Å². The van der Waals surface area contributed by atoms with Gasteiger partial charge in [0.15, 0.2) is 0 Å². The van der Waals surface area contributed by atoms with Gasteiger partial charge < -0.3 is 10.1 Å². The predicted octanol–water partition coefficient (Wildman–Crippen LogP) is -1.12. The zero-order chi connectivity index (χ0) is 13.5. The standard InChI is InChI=1S/C9H21N3O4S/c1-11(2)17(14,15)12(3)8-9(13)10-6-5-7-16-4/h5-8H2,1-4H3,(H,10,13). The van der Waals surface area contributed by atoms with Crippen molar-refractivity contribution in [3.63, 3.8) is 0 Å². The molecule has 102 valence electrons. The van der Waals surface area contributed by atoms with Crippen molar-refractivity contribution in [2.24, 2.45) is 0 Å². The second kappa shape index (κ2) is 7.59. The highest BCUT2D eigenvalue weighted by Gasteiger charge is 2.22. The fourth-order valence-electron chi connectivity index (χ4n) is 1.06. The summed E-state index contributed by atoms with van der Waals surface area (Å²) >= 11 is 0. The van der Waals surface area contributed by atoms with E-state index in [1.165, 1.54) is 21.1 Å². The van der Waals surface area contributed by atoms with E-state index in [0.29, 0.717) is 19.6 Å². The number of nitrogens with one attached hydrogen (secondary N) is 1. The number of likely N-dealkylation sites (N-methyl/N-ethyl adjacent to an activating group) is 1. The largest absolute Gasteiger partial charge is 0.385 e. The molecular weight excluding hydrogens is 246 g/mol. The number of rotatable bonds is 8. The zero-order valence-corrected chi connectivity index (χ0v) is 11.6. The molecule has 0 unspecified atom stereocenters. The molecule has 0 aliphatic rings. The summed E-state index contributed by atoms with van der Waals surface area (Å²) in [6, 6.07) is 0. The third-order valence-electron chi connectivity index (χ3n) is 2.07. The molecule has 0 saturated heterocycles. The molecule has 0 saturated carbocycles. The van der Waals surface area contributed by atoms with Crippen LogP contribution in [-0.4, -0.2) is 70.9 Å². The Balaban J connectivity index is 4.05. The highest BCUT2D eigenvalue weighted by atomic mass is 32.2. The molecule has 0 aromatic rings. The topological polar surface area (TPSA) is 79.0 Å². The Bertz CT molecular complexity index is 329. The minimum Gasteiger partial charge on any atom is -0.385 e. The number of carbonyl (C=O) groups excluding carboxylic acids is 1. The third-order valence-corrected chi connectivity index (χ3v) is 3.91. The van der Waals surface area contributed by atoms with Gasteiger partial charge in [-0.3, -0.25) is 4.79 Å². The maximum absolute atomic E-state index is 11.6. The molecule has 7 nitrogen and oxygen atoms in total. The molecule has 8 heteroatoms. The predicted molar refractivity (Wildman–Crippen MR) is 64.7 cm³/mol. The molecule has 0 fully saturated rings. The first kappa shape index (κ1) is 16.3. The second-order valence-corrected chi connectivity index (χ2v) is 5.99. The molecule has 0 heterocycles. The molecule has 0 bridgehead atoms. The van der Waals surface area contributed by atoms with Crippen LogP contribution in [0, 0.1) is 0 Å². The first-order valence-corrected chi connectivity index (χ1v) is 6.61. The van der Waals surface area contributed by atoms with Gasteiger partial charge in [0.1, 0.15) is 0 Å². The quantitative estimate of drug-likeness (QED) is 0.565. The summed E-state index contributed by atoms with van der Waals surface area (Å²) in [7, 11) is 2.26. The van der Waals surface area contributed by atoms with E-state index >= 15 is 0 Å². The number of amides is 1. The van der Waals surface area contributed by atoms with Gasteiger partial charge in [0.2, 0.25) is 5.91 Å². The van der Waals surface area contributed by atoms with Gasteiger partial charge in [-0.05, 0) is 6.42 Å². The van der Waals surface area contributed by atoms with E-state index in [4.69, 9.17) is 4.74 Å². The van der Waals surface area contributed by atoms with Crippen LogP contribution in [0.3, 0.4) is 0 Å². The van der Waals surface area contributed by atoms with Crippen LogP contribution in [0.4, 0.5) is 0 Å². The Hall–Kier alpha value is -0.700. The van der Waals surface area contributed by atoms with Crippen LogP contribution < -0.4 is 5.32 Å². The molecule has 1 amide bonds. The maximum atomic E-state index is 11.6. The van der Waals surface area contributed by atoms with Gasteiger partial charge in [0.05, 0.1) is 6.54 Å². The fraction of sp³-hybridized carbons (Fsp3) is 0.889.